The van der Waals surface area contributed by atoms with E-state index in [1.807, 2.05) is 41.8 Å². The first-order chi connectivity index (χ1) is 11.8. The summed E-state index contributed by atoms with van der Waals surface area (Å²) in [6, 6.07) is 12.0. The molecule has 0 aliphatic rings. The van der Waals surface area contributed by atoms with Crippen molar-refractivity contribution in [2.75, 3.05) is 0 Å². The standard InChI is InChI=1S/C16H13N5OS2/c1-11-4-6-13(7-5-11)21-16(18-19-20-21)24-10-12-9-22-15(17-12)14-3-2-8-23-14/h2-9H,10H2,1H3. The van der Waals surface area contributed by atoms with Crippen molar-refractivity contribution in [2.45, 2.75) is 17.8 Å². The fourth-order valence-electron chi connectivity index (χ4n) is 2.14. The highest BCUT2D eigenvalue weighted by Gasteiger charge is 2.12. The fraction of sp³-hybridized carbons (Fsp3) is 0.125. The molecule has 0 radical (unpaired) electrons. The molecule has 0 N–H and O–H groups in total. The number of aromatic nitrogens is 5. The van der Waals surface area contributed by atoms with Gasteiger partial charge < -0.3 is 4.42 Å². The Hall–Kier alpha value is -2.45. The van der Waals surface area contributed by atoms with E-state index in [1.54, 1.807) is 22.3 Å². The summed E-state index contributed by atoms with van der Waals surface area (Å²) in [7, 11) is 0. The van der Waals surface area contributed by atoms with Crippen molar-refractivity contribution < 1.29 is 4.42 Å². The van der Waals surface area contributed by atoms with E-state index in [9.17, 15) is 0 Å². The van der Waals surface area contributed by atoms with Crippen LogP contribution >= 0.6 is 23.1 Å². The van der Waals surface area contributed by atoms with E-state index in [0.717, 1.165) is 21.4 Å². The molecule has 0 aliphatic carbocycles. The first-order valence-electron chi connectivity index (χ1n) is 7.26. The second-order valence-corrected chi connectivity index (χ2v) is 7.01. The number of nitrogens with zero attached hydrogens (tertiary/aromatic N) is 5. The third kappa shape index (κ3) is 3.10. The quantitative estimate of drug-likeness (QED) is 0.504. The molecule has 4 aromatic rings. The lowest BCUT2D eigenvalue weighted by Crippen LogP contribution is -1.99. The topological polar surface area (TPSA) is 69.6 Å². The maximum atomic E-state index is 5.53. The highest BCUT2D eigenvalue weighted by molar-refractivity contribution is 7.98. The molecule has 0 saturated heterocycles. The monoisotopic (exact) mass is 355 g/mol. The Morgan fingerprint density at radius 2 is 2.08 bits per heavy atom. The largest absolute Gasteiger partial charge is 0.444 e. The minimum absolute atomic E-state index is 0.640. The zero-order valence-electron chi connectivity index (χ0n) is 12.8. The maximum Gasteiger partial charge on any atom is 0.236 e. The molecule has 0 fully saturated rings. The summed E-state index contributed by atoms with van der Waals surface area (Å²) in [6.45, 7) is 2.05. The van der Waals surface area contributed by atoms with Crippen LogP contribution in [-0.4, -0.2) is 25.2 Å². The Bertz CT molecular complexity index is 928. The highest BCUT2D eigenvalue weighted by Crippen LogP contribution is 2.27. The van der Waals surface area contributed by atoms with Crippen LogP contribution in [0.1, 0.15) is 11.3 Å². The summed E-state index contributed by atoms with van der Waals surface area (Å²) in [4.78, 5) is 5.54. The number of hydrogen-bond donors (Lipinski definition) is 0. The van der Waals surface area contributed by atoms with E-state index in [0.29, 0.717) is 11.6 Å². The smallest absolute Gasteiger partial charge is 0.236 e. The molecule has 120 valence electrons. The highest BCUT2D eigenvalue weighted by atomic mass is 32.2. The molecule has 0 bridgehead atoms. The van der Waals surface area contributed by atoms with Gasteiger partial charge in [-0.05, 0) is 40.9 Å². The lowest BCUT2D eigenvalue weighted by Gasteiger charge is -2.03. The Balaban J connectivity index is 1.49. The molecule has 0 aliphatic heterocycles. The van der Waals surface area contributed by atoms with Gasteiger partial charge in [-0.25, -0.2) is 4.98 Å². The second-order valence-electron chi connectivity index (χ2n) is 5.12. The van der Waals surface area contributed by atoms with Crippen LogP contribution in [0.15, 0.2) is 57.6 Å². The van der Waals surface area contributed by atoms with E-state index in [1.165, 1.54) is 17.3 Å². The van der Waals surface area contributed by atoms with Crippen LogP contribution < -0.4 is 0 Å². The summed E-state index contributed by atoms with van der Waals surface area (Å²) < 4.78 is 7.26. The normalized spacial score (nSPS) is 11.0. The number of benzene rings is 1. The number of thiophene rings is 1. The Kier molecular flexibility index (Phi) is 4.14. The van der Waals surface area contributed by atoms with Crippen LogP contribution in [0.4, 0.5) is 0 Å². The van der Waals surface area contributed by atoms with Crippen molar-refractivity contribution in [3.8, 4) is 16.5 Å². The third-order valence-corrected chi connectivity index (χ3v) is 5.16. The molecule has 3 aromatic heterocycles. The van der Waals surface area contributed by atoms with Gasteiger partial charge in [0.15, 0.2) is 0 Å². The van der Waals surface area contributed by atoms with Crippen LogP contribution in [-0.2, 0) is 5.75 Å². The lowest BCUT2D eigenvalue weighted by atomic mass is 10.2. The predicted octanol–water partition coefficient (Wildman–Crippen LogP) is 3.98. The average Bonchev–Trinajstić information content (AvgIpc) is 3.34. The second kappa shape index (κ2) is 6.58. The Labute approximate surface area is 146 Å². The van der Waals surface area contributed by atoms with E-state index in [4.69, 9.17) is 4.42 Å². The van der Waals surface area contributed by atoms with Crippen molar-refractivity contribution in [3.63, 3.8) is 0 Å². The van der Waals surface area contributed by atoms with Gasteiger partial charge in [-0.15, -0.1) is 16.4 Å². The predicted molar refractivity (Wildman–Crippen MR) is 93.3 cm³/mol. The van der Waals surface area contributed by atoms with Crippen molar-refractivity contribution in [1.82, 2.24) is 25.2 Å². The van der Waals surface area contributed by atoms with Gasteiger partial charge in [0.2, 0.25) is 11.0 Å². The van der Waals surface area contributed by atoms with Gasteiger partial charge in [0.25, 0.3) is 0 Å². The van der Waals surface area contributed by atoms with Gasteiger partial charge in [0, 0.05) is 5.75 Å². The van der Waals surface area contributed by atoms with Gasteiger partial charge in [0.05, 0.1) is 16.3 Å². The van der Waals surface area contributed by atoms with E-state index < -0.39 is 0 Å². The molecule has 4 rings (SSSR count). The Morgan fingerprint density at radius 3 is 2.88 bits per heavy atom. The maximum absolute atomic E-state index is 5.53. The number of tetrazole rings is 1. The first-order valence-corrected chi connectivity index (χ1v) is 9.12. The van der Waals surface area contributed by atoms with E-state index in [-0.39, 0.29) is 0 Å². The molecule has 0 unspecified atom stereocenters. The number of rotatable bonds is 5. The van der Waals surface area contributed by atoms with Gasteiger partial charge in [-0.1, -0.05) is 35.5 Å². The van der Waals surface area contributed by atoms with Crippen molar-refractivity contribution in [1.29, 1.82) is 0 Å². The summed E-state index contributed by atoms with van der Waals surface area (Å²) in [6.07, 6.45) is 1.68. The van der Waals surface area contributed by atoms with Gasteiger partial charge in [0.1, 0.15) is 6.26 Å². The minimum Gasteiger partial charge on any atom is -0.444 e. The minimum atomic E-state index is 0.640. The van der Waals surface area contributed by atoms with Gasteiger partial charge >= 0.3 is 0 Å². The lowest BCUT2D eigenvalue weighted by molar-refractivity contribution is 0.575. The van der Waals surface area contributed by atoms with Crippen molar-refractivity contribution in [3.05, 3.63) is 59.3 Å². The average molecular weight is 355 g/mol. The van der Waals surface area contributed by atoms with Gasteiger partial charge in [-0.2, -0.15) is 4.68 Å². The number of oxazole rings is 1. The summed E-state index contributed by atoms with van der Waals surface area (Å²) in [5.41, 5.74) is 3.00. The summed E-state index contributed by atoms with van der Waals surface area (Å²) >= 11 is 3.13. The van der Waals surface area contributed by atoms with Crippen molar-refractivity contribution >= 4 is 23.1 Å². The van der Waals surface area contributed by atoms with Crippen LogP contribution in [0.2, 0.25) is 0 Å². The molecule has 24 heavy (non-hydrogen) atoms. The summed E-state index contributed by atoms with van der Waals surface area (Å²) in [5, 5.41) is 14.7. The third-order valence-electron chi connectivity index (χ3n) is 3.35. The molecule has 6 nitrogen and oxygen atoms in total. The molecule has 3 heterocycles. The molecule has 8 heteroatoms. The number of hydrogen-bond acceptors (Lipinski definition) is 7. The fourth-order valence-corrected chi connectivity index (χ4v) is 3.57. The zero-order valence-corrected chi connectivity index (χ0v) is 14.4. The molecule has 0 saturated carbocycles. The van der Waals surface area contributed by atoms with Crippen LogP contribution in [0, 0.1) is 6.92 Å². The number of aryl methyl sites for hydroxylation is 1. The first kappa shape index (κ1) is 15.1. The van der Waals surface area contributed by atoms with Crippen LogP contribution in [0.3, 0.4) is 0 Å². The summed E-state index contributed by atoms with van der Waals surface area (Å²) in [5.74, 6) is 1.29. The van der Waals surface area contributed by atoms with E-state index >= 15 is 0 Å². The molecule has 0 spiro atoms. The number of thioether (sulfide) groups is 1. The Morgan fingerprint density at radius 1 is 1.21 bits per heavy atom. The zero-order chi connectivity index (χ0) is 16.4. The van der Waals surface area contributed by atoms with Gasteiger partial charge in [-0.3, -0.25) is 0 Å². The molecular formula is C16H13N5OS2. The SMILES string of the molecule is Cc1ccc(-n2nnnc2SCc2coc(-c3cccs3)n2)cc1. The molecule has 0 amide bonds. The van der Waals surface area contributed by atoms with E-state index in [2.05, 4.69) is 27.4 Å². The van der Waals surface area contributed by atoms with Crippen LogP contribution in [0.25, 0.3) is 16.5 Å². The molecular weight excluding hydrogens is 342 g/mol. The van der Waals surface area contributed by atoms with Crippen molar-refractivity contribution in [2.24, 2.45) is 0 Å². The molecule has 1 aromatic carbocycles. The molecule has 0 atom stereocenters. The van der Waals surface area contributed by atoms with Crippen LogP contribution in [0.5, 0.6) is 0 Å².